The zero-order chi connectivity index (χ0) is 38.2. The summed E-state index contributed by atoms with van der Waals surface area (Å²) < 4.78 is 103. The molecule has 4 amide bonds. The average molecular weight is 748 g/mol. The number of hydrogen-bond donors (Lipinski definition) is 1. The van der Waals surface area contributed by atoms with Crippen LogP contribution in [-0.2, 0) is 32.1 Å². The van der Waals surface area contributed by atoms with E-state index < -0.39 is 60.1 Å². The van der Waals surface area contributed by atoms with Gasteiger partial charge in [-0.05, 0) is 37.1 Å². The molecule has 11 nitrogen and oxygen atoms in total. The standard InChI is InChI=1S/C36H35F6N5O6/c1-3-7-24-18-25(34(35(37,38)39,36(40,41)42)53-22-23-8-5-4-6-9-23)10-11-26(24)45-12-14-46(15-13-45)30(48)21-47-31(49)33(2,44-32(47)50)29-19-27-28(20-43-29)52-17-16-51-27/h3-11,18-20H,12-17,21-22H2,1-2H3,(H,44,50). The highest BCUT2D eigenvalue weighted by Gasteiger charge is 2.73. The Balaban J connectivity index is 1.16. The van der Waals surface area contributed by atoms with Gasteiger partial charge in [-0.1, -0.05) is 48.6 Å². The highest BCUT2D eigenvalue weighted by molar-refractivity contribution is 6.09. The molecule has 3 aliphatic rings. The van der Waals surface area contributed by atoms with Crippen LogP contribution in [0.3, 0.4) is 0 Å². The maximum absolute atomic E-state index is 14.6. The molecule has 53 heavy (non-hydrogen) atoms. The number of amides is 4. The third-order valence-electron chi connectivity index (χ3n) is 9.36. The number of pyridine rings is 1. The SMILES string of the molecule is CC=Cc1cc(C(OCc2ccccc2)(C(F)(F)F)C(F)(F)F)ccc1N1CCN(C(=O)CN2C(=O)NC(C)(c3cc4c(cn3)OCCO4)C2=O)CC1. The van der Waals surface area contributed by atoms with Crippen LogP contribution in [0, 0.1) is 0 Å². The molecule has 0 saturated carbocycles. The van der Waals surface area contributed by atoms with E-state index in [1.807, 2.05) is 0 Å². The van der Waals surface area contributed by atoms with Crippen molar-refractivity contribution in [2.45, 2.75) is 43.9 Å². The molecular formula is C36H35F6N5O6. The number of benzene rings is 2. The Morgan fingerprint density at radius 3 is 2.25 bits per heavy atom. The second-order valence-corrected chi connectivity index (χ2v) is 12.8. The highest BCUT2D eigenvalue weighted by Crippen LogP contribution is 2.54. The van der Waals surface area contributed by atoms with Crippen molar-refractivity contribution in [3.63, 3.8) is 0 Å². The molecule has 0 aliphatic carbocycles. The molecule has 2 aromatic carbocycles. The van der Waals surface area contributed by atoms with Gasteiger partial charge in [-0.3, -0.25) is 19.5 Å². The van der Waals surface area contributed by atoms with Crippen LogP contribution < -0.4 is 19.7 Å². The summed E-state index contributed by atoms with van der Waals surface area (Å²) in [6.45, 7) is 2.65. The number of urea groups is 1. The van der Waals surface area contributed by atoms with E-state index in [0.717, 1.165) is 17.0 Å². The summed E-state index contributed by atoms with van der Waals surface area (Å²) in [6.07, 6.45) is -7.46. The maximum atomic E-state index is 14.6. The number of carbonyl (C=O) groups is 3. The van der Waals surface area contributed by atoms with E-state index in [2.05, 4.69) is 10.3 Å². The minimum Gasteiger partial charge on any atom is -0.486 e. The average Bonchev–Trinajstić information content (AvgIpc) is 3.34. The molecule has 0 bridgehead atoms. The summed E-state index contributed by atoms with van der Waals surface area (Å²) in [6, 6.07) is 10.7. The number of anilines is 1. The van der Waals surface area contributed by atoms with Crippen molar-refractivity contribution in [1.82, 2.24) is 20.1 Å². The Kier molecular flexibility index (Phi) is 10.1. The van der Waals surface area contributed by atoms with Crippen LogP contribution >= 0.6 is 0 Å². The van der Waals surface area contributed by atoms with E-state index in [4.69, 9.17) is 14.2 Å². The molecule has 3 aliphatic heterocycles. The molecule has 3 aromatic rings. The number of carbonyl (C=O) groups excluding carboxylic acids is 3. The zero-order valence-corrected chi connectivity index (χ0v) is 28.6. The van der Waals surface area contributed by atoms with Crippen molar-refractivity contribution in [2.75, 3.05) is 50.8 Å². The maximum Gasteiger partial charge on any atom is 0.430 e. The van der Waals surface area contributed by atoms with E-state index in [1.165, 1.54) is 66.6 Å². The van der Waals surface area contributed by atoms with Gasteiger partial charge in [0, 0.05) is 43.5 Å². The molecule has 1 N–H and O–H groups in total. The molecule has 1 unspecified atom stereocenters. The summed E-state index contributed by atoms with van der Waals surface area (Å²) in [5.74, 6) is -0.479. The molecular weight excluding hydrogens is 712 g/mol. The molecule has 17 heteroatoms. The van der Waals surface area contributed by atoms with Crippen molar-refractivity contribution < 1.29 is 54.9 Å². The molecule has 1 aromatic heterocycles. The van der Waals surface area contributed by atoms with Crippen molar-refractivity contribution in [1.29, 1.82) is 0 Å². The summed E-state index contributed by atoms with van der Waals surface area (Å²) in [5.41, 5.74) is -6.59. The molecule has 2 fully saturated rings. The highest BCUT2D eigenvalue weighted by atomic mass is 19.4. The van der Waals surface area contributed by atoms with Gasteiger partial charge in [0.25, 0.3) is 11.5 Å². The molecule has 2 saturated heterocycles. The number of fused-ring (bicyclic) bond motifs is 1. The van der Waals surface area contributed by atoms with Gasteiger partial charge in [0.2, 0.25) is 5.91 Å². The van der Waals surface area contributed by atoms with E-state index in [1.54, 1.807) is 17.9 Å². The Hall–Kier alpha value is -5.32. The van der Waals surface area contributed by atoms with E-state index >= 15 is 0 Å². The minimum atomic E-state index is -5.87. The quantitative estimate of drug-likeness (QED) is 0.225. The lowest BCUT2D eigenvalue weighted by molar-refractivity contribution is -0.392. The van der Waals surface area contributed by atoms with Gasteiger partial charge >= 0.3 is 18.4 Å². The van der Waals surface area contributed by atoms with Crippen LogP contribution in [0.1, 0.15) is 36.2 Å². The number of imide groups is 1. The Morgan fingerprint density at radius 2 is 1.60 bits per heavy atom. The predicted octanol–water partition coefficient (Wildman–Crippen LogP) is 5.54. The van der Waals surface area contributed by atoms with E-state index in [9.17, 15) is 40.7 Å². The van der Waals surface area contributed by atoms with Crippen molar-refractivity contribution in [2.24, 2.45) is 0 Å². The smallest absolute Gasteiger partial charge is 0.430 e. The van der Waals surface area contributed by atoms with E-state index in [-0.39, 0.29) is 43.0 Å². The molecule has 1 atom stereocenters. The third kappa shape index (κ3) is 6.96. The lowest BCUT2D eigenvalue weighted by atomic mass is 9.89. The van der Waals surface area contributed by atoms with Crippen molar-refractivity contribution in [3.05, 3.63) is 89.3 Å². The van der Waals surface area contributed by atoms with Gasteiger partial charge in [0.1, 0.15) is 19.8 Å². The second-order valence-electron chi connectivity index (χ2n) is 12.8. The molecule has 6 rings (SSSR count). The number of piperazine rings is 1. The molecule has 282 valence electrons. The molecule has 4 heterocycles. The first-order valence-electron chi connectivity index (χ1n) is 16.6. The summed E-state index contributed by atoms with van der Waals surface area (Å²) in [4.78, 5) is 48.0. The fourth-order valence-corrected chi connectivity index (χ4v) is 6.54. The summed E-state index contributed by atoms with van der Waals surface area (Å²) >= 11 is 0. The van der Waals surface area contributed by atoms with Gasteiger partial charge in [-0.15, -0.1) is 0 Å². The van der Waals surface area contributed by atoms with Crippen LogP contribution in [0.2, 0.25) is 0 Å². The van der Waals surface area contributed by atoms with Crippen LogP contribution in [0.5, 0.6) is 11.5 Å². The van der Waals surface area contributed by atoms with Crippen molar-refractivity contribution in [3.8, 4) is 11.5 Å². The predicted molar refractivity (Wildman–Crippen MR) is 178 cm³/mol. The normalized spacial score (nSPS) is 19.6. The number of rotatable bonds is 9. The number of hydrogen-bond acceptors (Lipinski definition) is 8. The van der Waals surface area contributed by atoms with Crippen LogP contribution in [0.25, 0.3) is 6.08 Å². The van der Waals surface area contributed by atoms with Crippen molar-refractivity contribution >= 4 is 29.6 Å². The fraction of sp³-hybridized carbons (Fsp3) is 0.389. The lowest BCUT2D eigenvalue weighted by Gasteiger charge is -2.39. The first kappa shape index (κ1) is 37.4. The summed E-state index contributed by atoms with van der Waals surface area (Å²) in [7, 11) is 0. The first-order chi connectivity index (χ1) is 25.1. The summed E-state index contributed by atoms with van der Waals surface area (Å²) in [5, 5.41) is 2.60. The molecule has 0 spiro atoms. The van der Waals surface area contributed by atoms with E-state index in [0.29, 0.717) is 30.4 Å². The number of allylic oxidation sites excluding steroid dienone is 1. The Morgan fingerprint density at radius 1 is 0.943 bits per heavy atom. The lowest BCUT2D eigenvalue weighted by Crippen LogP contribution is -2.56. The topological polar surface area (TPSA) is 114 Å². The number of ether oxygens (including phenoxy) is 3. The number of aromatic nitrogens is 1. The Labute approximate surface area is 300 Å². The van der Waals surface area contributed by atoms with Crippen LogP contribution in [0.4, 0.5) is 36.8 Å². The van der Waals surface area contributed by atoms with Gasteiger partial charge in [-0.25, -0.2) is 4.79 Å². The third-order valence-corrected chi connectivity index (χ3v) is 9.36. The number of alkyl halides is 6. The van der Waals surface area contributed by atoms with Gasteiger partial charge < -0.3 is 29.3 Å². The van der Waals surface area contributed by atoms with Gasteiger partial charge in [0.15, 0.2) is 17.0 Å². The number of nitrogens with one attached hydrogen (secondary N) is 1. The van der Waals surface area contributed by atoms with Gasteiger partial charge in [-0.2, -0.15) is 26.3 Å². The largest absolute Gasteiger partial charge is 0.486 e. The number of nitrogens with zero attached hydrogens (tertiary/aromatic N) is 4. The van der Waals surface area contributed by atoms with Crippen LogP contribution in [0.15, 0.2) is 66.9 Å². The zero-order valence-electron chi connectivity index (χ0n) is 28.6. The monoisotopic (exact) mass is 747 g/mol. The van der Waals surface area contributed by atoms with Crippen LogP contribution in [-0.4, -0.2) is 90.9 Å². The number of halogens is 6. The Bertz CT molecular complexity index is 1880. The fourth-order valence-electron chi connectivity index (χ4n) is 6.54. The minimum absolute atomic E-state index is 0.0809. The first-order valence-corrected chi connectivity index (χ1v) is 16.6. The molecule has 0 radical (unpaired) electrons. The van der Waals surface area contributed by atoms with Gasteiger partial charge in [0.05, 0.1) is 18.5 Å². The second kappa shape index (κ2) is 14.2.